The molecule has 1 aliphatic carbocycles. The van der Waals surface area contributed by atoms with Gasteiger partial charge in [-0.3, -0.25) is 4.79 Å². The monoisotopic (exact) mass is 323 g/mol. The van der Waals surface area contributed by atoms with Crippen molar-refractivity contribution >= 4 is 5.91 Å². The Labute approximate surface area is 141 Å². The standard InChI is InChI=1S/C20H21NO3/c22-13-16-9-10-18(11-16)21-20(23)17-7-4-8-19(12-17)24-14-15-5-2-1-3-6-15/h1-10,12,16,18,22H,11,13-14H2,(H,21,23)/t16-,18+/m0/s1. The van der Waals surface area contributed by atoms with Gasteiger partial charge in [0.1, 0.15) is 12.4 Å². The minimum absolute atomic E-state index is 0.0245. The summed E-state index contributed by atoms with van der Waals surface area (Å²) in [4.78, 5) is 12.4. The number of hydrogen-bond acceptors (Lipinski definition) is 3. The van der Waals surface area contributed by atoms with Crippen LogP contribution in [0.25, 0.3) is 0 Å². The van der Waals surface area contributed by atoms with E-state index in [2.05, 4.69) is 5.32 Å². The van der Waals surface area contributed by atoms with Crippen LogP contribution in [0.1, 0.15) is 22.3 Å². The summed E-state index contributed by atoms with van der Waals surface area (Å²) in [6.45, 7) is 0.584. The molecule has 0 aromatic heterocycles. The third-order valence-corrected chi connectivity index (χ3v) is 4.07. The zero-order valence-corrected chi connectivity index (χ0v) is 13.4. The Balaban J connectivity index is 1.58. The molecule has 1 aliphatic rings. The summed E-state index contributed by atoms with van der Waals surface area (Å²) in [5.41, 5.74) is 1.65. The van der Waals surface area contributed by atoms with Crippen molar-refractivity contribution in [2.45, 2.75) is 19.1 Å². The zero-order chi connectivity index (χ0) is 16.8. The molecule has 2 aromatic rings. The molecule has 2 atom stereocenters. The summed E-state index contributed by atoms with van der Waals surface area (Å²) < 4.78 is 5.76. The number of amides is 1. The molecule has 4 heteroatoms. The maximum absolute atomic E-state index is 12.4. The van der Waals surface area contributed by atoms with E-state index in [4.69, 9.17) is 9.84 Å². The van der Waals surface area contributed by atoms with Gasteiger partial charge >= 0.3 is 0 Å². The molecule has 2 aromatic carbocycles. The first kappa shape index (κ1) is 16.3. The van der Waals surface area contributed by atoms with Gasteiger partial charge in [-0.15, -0.1) is 0 Å². The molecule has 0 bridgehead atoms. The normalized spacial score (nSPS) is 19.2. The minimum Gasteiger partial charge on any atom is -0.489 e. The van der Waals surface area contributed by atoms with Crippen LogP contribution in [0.15, 0.2) is 66.7 Å². The largest absolute Gasteiger partial charge is 0.489 e. The fourth-order valence-electron chi connectivity index (χ4n) is 2.74. The van der Waals surface area contributed by atoms with Crippen molar-refractivity contribution in [1.82, 2.24) is 5.32 Å². The average Bonchev–Trinajstić information content (AvgIpc) is 3.09. The molecule has 0 unspecified atom stereocenters. The van der Waals surface area contributed by atoms with Crippen LogP contribution in [-0.4, -0.2) is 23.7 Å². The van der Waals surface area contributed by atoms with Crippen molar-refractivity contribution in [1.29, 1.82) is 0 Å². The van der Waals surface area contributed by atoms with E-state index in [0.29, 0.717) is 17.9 Å². The van der Waals surface area contributed by atoms with Crippen LogP contribution in [-0.2, 0) is 6.61 Å². The van der Waals surface area contributed by atoms with Crippen LogP contribution >= 0.6 is 0 Å². The minimum atomic E-state index is -0.131. The van der Waals surface area contributed by atoms with Crippen LogP contribution < -0.4 is 10.1 Å². The van der Waals surface area contributed by atoms with Gasteiger partial charge in [-0.2, -0.15) is 0 Å². The number of aliphatic hydroxyl groups is 1. The van der Waals surface area contributed by atoms with E-state index in [0.717, 1.165) is 12.0 Å². The van der Waals surface area contributed by atoms with Gasteiger partial charge in [0.15, 0.2) is 0 Å². The second-order valence-corrected chi connectivity index (χ2v) is 5.95. The van der Waals surface area contributed by atoms with Crippen LogP contribution in [0, 0.1) is 5.92 Å². The molecule has 4 nitrogen and oxygen atoms in total. The predicted octanol–water partition coefficient (Wildman–Crippen LogP) is 2.93. The van der Waals surface area contributed by atoms with Gasteiger partial charge in [0, 0.05) is 24.1 Å². The SMILES string of the molecule is O=C(N[C@@H]1C=C[C@H](CO)C1)c1cccc(OCc2ccccc2)c1. The lowest BCUT2D eigenvalue weighted by atomic mass is 10.1. The highest BCUT2D eigenvalue weighted by atomic mass is 16.5. The molecule has 3 rings (SSSR count). The molecular formula is C20H21NO3. The van der Waals surface area contributed by atoms with E-state index < -0.39 is 0 Å². The van der Waals surface area contributed by atoms with Gasteiger partial charge in [-0.1, -0.05) is 48.6 Å². The molecule has 24 heavy (non-hydrogen) atoms. The van der Waals surface area contributed by atoms with Crippen LogP contribution in [0.4, 0.5) is 0 Å². The second kappa shape index (κ2) is 7.79. The molecule has 0 radical (unpaired) electrons. The summed E-state index contributed by atoms with van der Waals surface area (Å²) in [6, 6.07) is 17.1. The van der Waals surface area contributed by atoms with Crippen molar-refractivity contribution in [3.05, 3.63) is 77.9 Å². The summed E-state index contributed by atoms with van der Waals surface area (Å²) in [5, 5.41) is 12.1. The van der Waals surface area contributed by atoms with E-state index >= 15 is 0 Å². The number of nitrogens with one attached hydrogen (secondary N) is 1. The van der Waals surface area contributed by atoms with Crippen LogP contribution in [0.5, 0.6) is 5.75 Å². The third-order valence-electron chi connectivity index (χ3n) is 4.07. The molecule has 124 valence electrons. The van der Waals surface area contributed by atoms with Crippen molar-refractivity contribution < 1.29 is 14.6 Å². The van der Waals surface area contributed by atoms with Gasteiger partial charge in [0.25, 0.3) is 5.91 Å². The van der Waals surface area contributed by atoms with Gasteiger partial charge < -0.3 is 15.2 Å². The van der Waals surface area contributed by atoms with Gasteiger partial charge in [0.2, 0.25) is 0 Å². The van der Waals surface area contributed by atoms with Crippen molar-refractivity contribution in [2.24, 2.45) is 5.92 Å². The number of ether oxygens (including phenoxy) is 1. The molecule has 1 amide bonds. The molecule has 0 fully saturated rings. The molecule has 0 spiro atoms. The number of carbonyl (C=O) groups excluding carboxylic acids is 1. The predicted molar refractivity (Wildman–Crippen MR) is 92.8 cm³/mol. The molecular weight excluding hydrogens is 302 g/mol. The lowest BCUT2D eigenvalue weighted by molar-refractivity contribution is 0.0940. The van der Waals surface area contributed by atoms with Crippen LogP contribution in [0.3, 0.4) is 0 Å². The Morgan fingerprint density at radius 2 is 1.96 bits per heavy atom. The smallest absolute Gasteiger partial charge is 0.251 e. The van der Waals surface area contributed by atoms with E-state index in [1.165, 1.54) is 0 Å². The first-order chi connectivity index (χ1) is 11.7. The van der Waals surface area contributed by atoms with E-state index in [1.54, 1.807) is 12.1 Å². The lowest BCUT2D eigenvalue weighted by Crippen LogP contribution is -2.32. The lowest BCUT2D eigenvalue weighted by Gasteiger charge is -2.13. The average molecular weight is 323 g/mol. The number of hydrogen-bond donors (Lipinski definition) is 2. The first-order valence-electron chi connectivity index (χ1n) is 8.11. The Morgan fingerprint density at radius 1 is 1.12 bits per heavy atom. The molecule has 0 saturated carbocycles. The maximum atomic E-state index is 12.4. The van der Waals surface area contributed by atoms with Crippen LogP contribution in [0.2, 0.25) is 0 Å². The highest BCUT2D eigenvalue weighted by Gasteiger charge is 2.20. The number of carbonyl (C=O) groups is 1. The molecule has 0 heterocycles. The Morgan fingerprint density at radius 3 is 2.71 bits per heavy atom. The Hall–Kier alpha value is -2.59. The number of aliphatic hydroxyl groups excluding tert-OH is 1. The fraction of sp³-hybridized carbons (Fsp3) is 0.250. The highest BCUT2D eigenvalue weighted by Crippen LogP contribution is 2.19. The van der Waals surface area contributed by atoms with Gasteiger partial charge in [0.05, 0.1) is 0 Å². The summed E-state index contributed by atoms with van der Waals surface area (Å²) in [7, 11) is 0. The number of benzene rings is 2. The van der Waals surface area contributed by atoms with Crippen molar-refractivity contribution in [3.8, 4) is 5.75 Å². The van der Waals surface area contributed by atoms with Gasteiger partial charge in [-0.25, -0.2) is 0 Å². The van der Waals surface area contributed by atoms with Crippen molar-refractivity contribution in [3.63, 3.8) is 0 Å². The Kier molecular flexibility index (Phi) is 5.29. The summed E-state index contributed by atoms with van der Waals surface area (Å²) >= 11 is 0. The highest BCUT2D eigenvalue weighted by molar-refractivity contribution is 5.94. The summed E-state index contributed by atoms with van der Waals surface area (Å²) in [6.07, 6.45) is 4.63. The number of rotatable bonds is 6. The zero-order valence-electron chi connectivity index (χ0n) is 13.4. The molecule has 2 N–H and O–H groups in total. The Bertz CT molecular complexity index is 712. The van der Waals surface area contributed by atoms with Crippen molar-refractivity contribution in [2.75, 3.05) is 6.61 Å². The second-order valence-electron chi connectivity index (χ2n) is 5.95. The molecule has 0 saturated heterocycles. The fourth-order valence-corrected chi connectivity index (χ4v) is 2.74. The molecule has 0 aliphatic heterocycles. The maximum Gasteiger partial charge on any atom is 0.251 e. The first-order valence-corrected chi connectivity index (χ1v) is 8.11. The van der Waals surface area contributed by atoms with E-state index in [-0.39, 0.29) is 24.5 Å². The van der Waals surface area contributed by atoms with Gasteiger partial charge in [-0.05, 0) is 30.2 Å². The van der Waals surface area contributed by atoms with E-state index in [1.807, 2.05) is 54.6 Å². The quantitative estimate of drug-likeness (QED) is 0.804. The van der Waals surface area contributed by atoms with E-state index in [9.17, 15) is 4.79 Å². The summed E-state index contributed by atoms with van der Waals surface area (Å²) in [5.74, 6) is 0.672. The third kappa shape index (κ3) is 4.24. The topological polar surface area (TPSA) is 58.6 Å².